The van der Waals surface area contributed by atoms with Crippen LogP contribution >= 0.6 is 0 Å². The number of anilines is 2. The van der Waals surface area contributed by atoms with Gasteiger partial charge in [-0.2, -0.15) is 0 Å². The van der Waals surface area contributed by atoms with Crippen molar-refractivity contribution in [3.05, 3.63) is 126 Å². The highest BCUT2D eigenvalue weighted by molar-refractivity contribution is 7.92. The first-order chi connectivity index (χ1) is 16.4. The Morgan fingerprint density at radius 2 is 1.26 bits per heavy atom. The van der Waals surface area contributed by atoms with Gasteiger partial charge in [-0.25, -0.2) is 8.42 Å². The molecule has 0 aliphatic heterocycles. The van der Waals surface area contributed by atoms with Crippen LogP contribution in [0.5, 0.6) is 0 Å². The Balaban J connectivity index is 1.54. The molecule has 0 aromatic heterocycles. The zero-order valence-corrected chi connectivity index (χ0v) is 19.4. The molecule has 4 aromatic rings. The van der Waals surface area contributed by atoms with Gasteiger partial charge >= 0.3 is 0 Å². The van der Waals surface area contributed by atoms with Crippen LogP contribution in [0.3, 0.4) is 0 Å². The van der Waals surface area contributed by atoms with Gasteiger partial charge in [-0.05, 0) is 60.5 Å². The van der Waals surface area contributed by atoms with Crippen LogP contribution in [0, 0.1) is 6.92 Å². The summed E-state index contributed by atoms with van der Waals surface area (Å²) in [6, 6.07) is 32.2. The highest BCUT2D eigenvalue weighted by Crippen LogP contribution is 2.22. The SMILES string of the molecule is Cc1ccc(NS(=O)(=O)c2ccc(NC(=O)/C(=C/c3ccccc3)c3ccccc3)cc2)cc1. The number of rotatable bonds is 7. The second-order valence-corrected chi connectivity index (χ2v) is 9.47. The van der Waals surface area contributed by atoms with Gasteiger partial charge in [-0.15, -0.1) is 0 Å². The number of carbonyl (C=O) groups is 1. The smallest absolute Gasteiger partial charge is 0.261 e. The number of hydrogen-bond donors (Lipinski definition) is 2. The molecule has 0 heterocycles. The van der Waals surface area contributed by atoms with E-state index in [1.165, 1.54) is 12.1 Å². The highest BCUT2D eigenvalue weighted by Gasteiger charge is 2.16. The molecule has 0 fully saturated rings. The van der Waals surface area contributed by atoms with E-state index in [2.05, 4.69) is 10.0 Å². The van der Waals surface area contributed by atoms with Gasteiger partial charge in [-0.3, -0.25) is 9.52 Å². The first-order valence-corrected chi connectivity index (χ1v) is 12.2. The van der Waals surface area contributed by atoms with Crippen LogP contribution in [0.4, 0.5) is 11.4 Å². The van der Waals surface area contributed by atoms with E-state index < -0.39 is 10.0 Å². The molecule has 0 aliphatic rings. The summed E-state index contributed by atoms with van der Waals surface area (Å²) in [6.45, 7) is 1.93. The summed E-state index contributed by atoms with van der Waals surface area (Å²) in [6.07, 6.45) is 1.83. The van der Waals surface area contributed by atoms with Crippen molar-refractivity contribution in [1.82, 2.24) is 0 Å². The summed E-state index contributed by atoms with van der Waals surface area (Å²) >= 11 is 0. The molecule has 6 heteroatoms. The van der Waals surface area contributed by atoms with Crippen molar-refractivity contribution in [2.45, 2.75) is 11.8 Å². The van der Waals surface area contributed by atoms with Crippen molar-refractivity contribution >= 4 is 39.0 Å². The fraction of sp³-hybridized carbons (Fsp3) is 0.0357. The molecule has 170 valence electrons. The molecule has 0 saturated heterocycles. The van der Waals surface area contributed by atoms with Gasteiger partial charge < -0.3 is 5.32 Å². The fourth-order valence-electron chi connectivity index (χ4n) is 3.37. The summed E-state index contributed by atoms with van der Waals surface area (Å²) in [7, 11) is -3.75. The molecule has 1 amide bonds. The van der Waals surface area contributed by atoms with Crippen molar-refractivity contribution in [3.63, 3.8) is 0 Å². The zero-order valence-electron chi connectivity index (χ0n) is 18.6. The standard InChI is InChI=1S/C28H24N2O3S/c1-21-12-14-25(15-13-21)30-34(32,33)26-18-16-24(17-19-26)29-28(31)27(23-10-6-3-7-11-23)20-22-8-4-2-5-9-22/h2-20,30H,1H3,(H,29,31)/b27-20+. The van der Waals surface area contributed by atoms with E-state index in [9.17, 15) is 13.2 Å². The summed E-state index contributed by atoms with van der Waals surface area (Å²) in [5.41, 5.74) is 4.21. The first kappa shape index (κ1) is 23.0. The molecular weight excluding hydrogens is 444 g/mol. The molecular formula is C28H24N2O3S. The van der Waals surface area contributed by atoms with Crippen molar-refractivity contribution in [2.24, 2.45) is 0 Å². The first-order valence-electron chi connectivity index (χ1n) is 10.7. The molecule has 0 saturated carbocycles. The minimum absolute atomic E-state index is 0.106. The lowest BCUT2D eigenvalue weighted by Crippen LogP contribution is -2.15. The van der Waals surface area contributed by atoms with Crippen LogP contribution < -0.4 is 10.0 Å². The van der Waals surface area contributed by atoms with Crippen molar-refractivity contribution in [1.29, 1.82) is 0 Å². The van der Waals surface area contributed by atoms with E-state index >= 15 is 0 Å². The summed E-state index contributed by atoms with van der Waals surface area (Å²) in [5, 5.41) is 2.87. The van der Waals surface area contributed by atoms with Crippen LogP contribution in [0.2, 0.25) is 0 Å². The van der Waals surface area contributed by atoms with E-state index in [-0.39, 0.29) is 10.8 Å². The Bertz CT molecular complexity index is 1400. The molecule has 4 aromatic carbocycles. The number of sulfonamides is 1. The molecule has 0 radical (unpaired) electrons. The average molecular weight is 469 g/mol. The van der Waals surface area contributed by atoms with Crippen LogP contribution in [0.25, 0.3) is 11.6 Å². The van der Waals surface area contributed by atoms with Gasteiger partial charge in [0.05, 0.1) is 4.90 Å². The topological polar surface area (TPSA) is 75.3 Å². The van der Waals surface area contributed by atoms with Gasteiger partial charge in [0.25, 0.3) is 15.9 Å². The maximum absolute atomic E-state index is 13.2. The van der Waals surface area contributed by atoms with Gasteiger partial charge in [0.1, 0.15) is 0 Å². The molecule has 0 aliphatic carbocycles. The lowest BCUT2D eigenvalue weighted by molar-refractivity contribution is -0.111. The summed E-state index contributed by atoms with van der Waals surface area (Å²) in [5.74, 6) is -0.288. The largest absolute Gasteiger partial charge is 0.322 e. The maximum Gasteiger partial charge on any atom is 0.261 e. The van der Waals surface area contributed by atoms with Crippen molar-refractivity contribution in [3.8, 4) is 0 Å². The Morgan fingerprint density at radius 1 is 0.706 bits per heavy atom. The Morgan fingerprint density at radius 3 is 1.88 bits per heavy atom. The second kappa shape index (κ2) is 10.2. The van der Waals surface area contributed by atoms with Crippen LogP contribution in [-0.2, 0) is 14.8 Å². The van der Waals surface area contributed by atoms with Crippen LogP contribution in [0.1, 0.15) is 16.7 Å². The van der Waals surface area contributed by atoms with Gasteiger partial charge in [0, 0.05) is 16.9 Å². The number of benzene rings is 4. The van der Waals surface area contributed by atoms with Crippen LogP contribution in [0.15, 0.2) is 114 Å². The highest BCUT2D eigenvalue weighted by atomic mass is 32.2. The summed E-state index contributed by atoms with van der Waals surface area (Å²) < 4.78 is 28.0. The predicted octanol–water partition coefficient (Wildman–Crippen LogP) is 5.98. The number of amides is 1. The quantitative estimate of drug-likeness (QED) is 0.259. The van der Waals surface area contributed by atoms with E-state index in [4.69, 9.17) is 0 Å². The van der Waals surface area contributed by atoms with E-state index in [1.54, 1.807) is 24.3 Å². The van der Waals surface area contributed by atoms with Gasteiger partial charge in [-0.1, -0.05) is 78.4 Å². The minimum atomic E-state index is -3.75. The number of aryl methyl sites for hydroxylation is 1. The maximum atomic E-state index is 13.2. The summed E-state index contributed by atoms with van der Waals surface area (Å²) in [4.78, 5) is 13.3. The third kappa shape index (κ3) is 5.79. The molecule has 0 spiro atoms. The van der Waals surface area contributed by atoms with E-state index in [1.807, 2.05) is 85.8 Å². The third-order valence-corrected chi connectivity index (χ3v) is 6.56. The van der Waals surface area contributed by atoms with Crippen molar-refractivity contribution < 1.29 is 13.2 Å². The van der Waals surface area contributed by atoms with Crippen molar-refractivity contribution in [2.75, 3.05) is 10.0 Å². The third-order valence-electron chi connectivity index (χ3n) is 5.17. The normalized spacial score (nSPS) is 11.6. The number of carbonyl (C=O) groups excluding carboxylic acids is 1. The molecule has 0 atom stereocenters. The lowest BCUT2D eigenvalue weighted by atomic mass is 10.0. The molecule has 0 bridgehead atoms. The zero-order chi connectivity index (χ0) is 24.0. The Hall–Kier alpha value is -4.16. The molecule has 2 N–H and O–H groups in total. The monoisotopic (exact) mass is 468 g/mol. The minimum Gasteiger partial charge on any atom is -0.322 e. The van der Waals surface area contributed by atoms with E-state index in [0.29, 0.717) is 16.9 Å². The number of hydrogen-bond acceptors (Lipinski definition) is 3. The lowest BCUT2D eigenvalue weighted by Gasteiger charge is -2.12. The van der Waals surface area contributed by atoms with Gasteiger partial charge in [0.2, 0.25) is 0 Å². The predicted molar refractivity (Wildman–Crippen MR) is 138 cm³/mol. The molecule has 34 heavy (non-hydrogen) atoms. The molecule has 0 unspecified atom stereocenters. The average Bonchev–Trinajstić information content (AvgIpc) is 2.85. The van der Waals surface area contributed by atoms with E-state index in [0.717, 1.165) is 16.7 Å². The van der Waals surface area contributed by atoms with Crippen LogP contribution in [-0.4, -0.2) is 14.3 Å². The second-order valence-electron chi connectivity index (χ2n) is 7.78. The fourth-order valence-corrected chi connectivity index (χ4v) is 4.42. The Kier molecular flexibility index (Phi) is 6.90. The molecule has 4 rings (SSSR count). The molecule has 5 nitrogen and oxygen atoms in total. The number of nitrogens with one attached hydrogen (secondary N) is 2. The Labute approximate surface area is 199 Å². The van der Waals surface area contributed by atoms with Gasteiger partial charge in [0.15, 0.2) is 0 Å².